The Bertz CT molecular complexity index is 785. The van der Waals surface area contributed by atoms with Gasteiger partial charge in [0.25, 0.3) is 0 Å². The Morgan fingerprint density at radius 1 is 0.968 bits per heavy atom. The SMILES string of the molecule is NC(=O)CC(NC(=O)C(CO)NC(=O)C(N)Cc1cnc[nH]1)C(=O)NC(CO)C(=O)O. The Kier molecular flexibility index (Phi) is 10.0. The van der Waals surface area contributed by atoms with Crippen molar-refractivity contribution in [3.8, 4) is 0 Å². The highest BCUT2D eigenvalue weighted by Crippen LogP contribution is 1.99. The summed E-state index contributed by atoms with van der Waals surface area (Å²) >= 11 is 0. The van der Waals surface area contributed by atoms with Crippen LogP contribution in [0.3, 0.4) is 0 Å². The van der Waals surface area contributed by atoms with E-state index in [1.54, 1.807) is 0 Å². The maximum absolute atomic E-state index is 12.4. The molecular weight excluding hydrogens is 418 g/mol. The number of aromatic nitrogens is 2. The Hall–Kier alpha value is -3.56. The minimum atomic E-state index is -1.69. The number of nitrogens with one attached hydrogen (secondary N) is 4. The second-order valence-electron chi connectivity index (χ2n) is 6.44. The molecule has 4 atom stereocenters. The molecule has 15 heteroatoms. The molecule has 0 aliphatic heterocycles. The zero-order chi connectivity index (χ0) is 23.6. The van der Waals surface area contributed by atoms with Crippen LogP contribution >= 0.6 is 0 Å². The van der Waals surface area contributed by atoms with Crippen molar-refractivity contribution in [3.63, 3.8) is 0 Å². The summed E-state index contributed by atoms with van der Waals surface area (Å²) in [7, 11) is 0. The number of aliphatic hydroxyl groups is 2. The van der Waals surface area contributed by atoms with Gasteiger partial charge in [-0.25, -0.2) is 9.78 Å². The summed E-state index contributed by atoms with van der Waals surface area (Å²) in [4.78, 5) is 65.5. The number of primary amides is 1. The van der Waals surface area contributed by atoms with Crippen molar-refractivity contribution in [1.82, 2.24) is 25.9 Å². The van der Waals surface area contributed by atoms with Crippen LogP contribution in [0.5, 0.6) is 0 Å². The van der Waals surface area contributed by atoms with E-state index in [0.29, 0.717) is 5.69 Å². The number of aromatic amines is 1. The number of rotatable bonds is 13. The number of carbonyl (C=O) groups excluding carboxylic acids is 4. The smallest absolute Gasteiger partial charge is 0.328 e. The van der Waals surface area contributed by atoms with Gasteiger partial charge in [0, 0.05) is 18.3 Å². The normalized spacial score (nSPS) is 14.5. The van der Waals surface area contributed by atoms with Gasteiger partial charge in [0.15, 0.2) is 0 Å². The first kappa shape index (κ1) is 25.5. The zero-order valence-electron chi connectivity index (χ0n) is 16.3. The van der Waals surface area contributed by atoms with Crippen molar-refractivity contribution < 1.29 is 39.3 Å². The quantitative estimate of drug-likeness (QED) is 0.140. The second kappa shape index (κ2) is 12.2. The lowest BCUT2D eigenvalue weighted by Crippen LogP contribution is -2.59. The van der Waals surface area contributed by atoms with Crippen LogP contribution in [-0.2, 0) is 30.4 Å². The van der Waals surface area contributed by atoms with E-state index in [1.165, 1.54) is 12.5 Å². The Balaban J connectivity index is 2.79. The van der Waals surface area contributed by atoms with Gasteiger partial charge in [0.2, 0.25) is 23.6 Å². The third-order valence-electron chi connectivity index (χ3n) is 3.98. The number of carboxylic acid groups (broad SMARTS) is 1. The van der Waals surface area contributed by atoms with E-state index in [-0.39, 0.29) is 6.42 Å². The maximum atomic E-state index is 12.4. The number of amides is 4. The van der Waals surface area contributed by atoms with Gasteiger partial charge < -0.3 is 47.7 Å². The number of nitrogens with two attached hydrogens (primary N) is 2. The molecule has 1 aromatic heterocycles. The first-order chi connectivity index (χ1) is 14.6. The average molecular weight is 443 g/mol. The van der Waals surface area contributed by atoms with Gasteiger partial charge in [-0.3, -0.25) is 19.2 Å². The fourth-order valence-corrected chi connectivity index (χ4v) is 2.34. The minimum absolute atomic E-state index is 0.0655. The van der Waals surface area contributed by atoms with Crippen LogP contribution in [0.15, 0.2) is 12.5 Å². The highest BCUT2D eigenvalue weighted by Gasteiger charge is 2.30. The van der Waals surface area contributed by atoms with Crippen LogP contribution in [0.4, 0.5) is 0 Å². The molecule has 0 bridgehead atoms. The molecule has 0 aromatic carbocycles. The predicted molar refractivity (Wildman–Crippen MR) is 102 cm³/mol. The van der Waals surface area contributed by atoms with Crippen LogP contribution in [0, 0.1) is 0 Å². The number of hydrogen-bond donors (Lipinski definition) is 9. The summed E-state index contributed by atoms with van der Waals surface area (Å²) in [6, 6.07) is -5.93. The molecule has 11 N–H and O–H groups in total. The van der Waals surface area contributed by atoms with Crippen LogP contribution in [-0.4, -0.2) is 92.3 Å². The molecule has 172 valence electrons. The third-order valence-corrected chi connectivity index (χ3v) is 3.98. The molecule has 0 radical (unpaired) electrons. The van der Waals surface area contributed by atoms with Crippen molar-refractivity contribution in [2.75, 3.05) is 13.2 Å². The molecule has 0 spiro atoms. The zero-order valence-corrected chi connectivity index (χ0v) is 16.3. The van der Waals surface area contributed by atoms with E-state index in [2.05, 4.69) is 20.6 Å². The monoisotopic (exact) mass is 443 g/mol. The molecular formula is C16H25N7O8. The van der Waals surface area contributed by atoms with E-state index in [9.17, 15) is 29.1 Å². The van der Waals surface area contributed by atoms with E-state index in [1.807, 2.05) is 5.32 Å². The Labute approximate surface area is 175 Å². The highest BCUT2D eigenvalue weighted by atomic mass is 16.4. The first-order valence-electron chi connectivity index (χ1n) is 8.95. The number of carboxylic acids is 1. The molecule has 31 heavy (non-hydrogen) atoms. The molecule has 1 rings (SSSR count). The minimum Gasteiger partial charge on any atom is -0.480 e. The average Bonchev–Trinajstić information content (AvgIpc) is 3.21. The lowest BCUT2D eigenvalue weighted by Gasteiger charge is -2.23. The molecule has 4 amide bonds. The molecule has 0 fully saturated rings. The van der Waals surface area contributed by atoms with E-state index in [0.717, 1.165) is 0 Å². The summed E-state index contributed by atoms with van der Waals surface area (Å²) in [6.45, 7) is -1.81. The molecule has 0 aliphatic rings. The third kappa shape index (κ3) is 8.37. The molecule has 15 nitrogen and oxygen atoms in total. The van der Waals surface area contributed by atoms with Crippen molar-refractivity contribution in [2.45, 2.75) is 37.0 Å². The maximum Gasteiger partial charge on any atom is 0.328 e. The lowest BCUT2D eigenvalue weighted by molar-refractivity contribution is -0.143. The number of aliphatic carboxylic acids is 1. The molecule has 0 saturated heterocycles. The Morgan fingerprint density at radius 3 is 2.00 bits per heavy atom. The summed E-state index contributed by atoms with van der Waals surface area (Å²) in [6.07, 6.45) is 2.20. The fourth-order valence-electron chi connectivity index (χ4n) is 2.34. The number of carbonyl (C=O) groups is 5. The number of imidazole rings is 1. The van der Waals surface area contributed by atoms with E-state index < -0.39 is 73.4 Å². The van der Waals surface area contributed by atoms with Gasteiger partial charge >= 0.3 is 5.97 Å². The van der Waals surface area contributed by atoms with Crippen LogP contribution < -0.4 is 27.4 Å². The standard InChI is InChI=1S/C16H25N7O8/c17-8(1-7-3-19-6-20-7)13(27)22-10(4-24)15(29)21-9(2-12(18)26)14(28)23-11(5-25)16(30)31/h3,6,8-11,24-25H,1-2,4-5,17H2,(H2,18,26)(H,19,20)(H,21,29)(H,22,27)(H,23,28)(H,30,31). The molecule has 4 unspecified atom stereocenters. The first-order valence-corrected chi connectivity index (χ1v) is 8.95. The van der Waals surface area contributed by atoms with Crippen LogP contribution in [0.1, 0.15) is 12.1 Å². The van der Waals surface area contributed by atoms with E-state index in [4.69, 9.17) is 21.7 Å². The van der Waals surface area contributed by atoms with Crippen LogP contribution in [0.2, 0.25) is 0 Å². The summed E-state index contributed by atoms with van der Waals surface area (Å²) in [5, 5.41) is 33.5. The summed E-state index contributed by atoms with van der Waals surface area (Å²) in [5.74, 6) is -5.51. The number of aliphatic hydroxyl groups excluding tert-OH is 2. The number of H-pyrrole nitrogens is 1. The molecule has 1 aromatic rings. The van der Waals surface area contributed by atoms with Gasteiger partial charge in [0.05, 0.1) is 32.0 Å². The Morgan fingerprint density at radius 2 is 1.52 bits per heavy atom. The van der Waals surface area contributed by atoms with Crippen LogP contribution in [0.25, 0.3) is 0 Å². The topological polar surface area (TPSA) is 263 Å². The van der Waals surface area contributed by atoms with Gasteiger partial charge in [-0.2, -0.15) is 0 Å². The van der Waals surface area contributed by atoms with Crippen molar-refractivity contribution in [2.24, 2.45) is 11.5 Å². The van der Waals surface area contributed by atoms with Gasteiger partial charge in [-0.1, -0.05) is 0 Å². The predicted octanol–water partition coefficient (Wildman–Crippen LogP) is -5.32. The molecule has 0 saturated carbocycles. The summed E-state index contributed by atoms with van der Waals surface area (Å²) in [5.41, 5.74) is 11.3. The fraction of sp³-hybridized carbons (Fsp3) is 0.500. The van der Waals surface area contributed by atoms with E-state index >= 15 is 0 Å². The highest BCUT2D eigenvalue weighted by molar-refractivity contribution is 5.96. The molecule has 1 heterocycles. The van der Waals surface area contributed by atoms with Crippen molar-refractivity contribution in [3.05, 3.63) is 18.2 Å². The second-order valence-corrected chi connectivity index (χ2v) is 6.44. The summed E-state index contributed by atoms with van der Waals surface area (Å²) < 4.78 is 0. The van der Waals surface area contributed by atoms with Crippen molar-refractivity contribution in [1.29, 1.82) is 0 Å². The van der Waals surface area contributed by atoms with Gasteiger partial charge in [-0.15, -0.1) is 0 Å². The van der Waals surface area contributed by atoms with Crippen molar-refractivity contribution >= 4 is 29.6 Å². The number of hydrogen-bond acceptors (Lipinski definition) is 9. The lowest BCUT2D eigenvalue weighted by atomic mass is 10.1. The largest absolute Gasteiger partial charge is 0.480 e. The van der Waals surface area contributed by atoms with Gasteiger partial charge in [-0.05, 0) is 0 Å². The van der Waals surface area contributed by atoms with Gasteiger partial charge in [0.1, 0.15) is 18.1 Å². The number of nitrogens with zero attached hydrogens (tertiary/aromatic N) is 1. The molecule has 0 aliphatic carbocycles.